The van der Waals surface area contributed by atoms with Crippen LogP contribution in [0.25, 0.3) is 0 Å². The van der Waals surface area contributed by atoms with Gasteiger partial charge in [-0.3, -0.25) is 4.90 Å². The number of methoxy groups -OCH3 is 1. The van der Waals surface area contributed by atoms with Crippen molar-refractivity contribution in [3.05, 3.63) is 29.6 Å². The van der Waals surface area contributed by atoms with E-state index in [1.807, 2.05) is 19.1 Å². The van der Waals surface area contributed by atoms with E-state index in [9.17, 15) is 9.50 Å². The van der Waals surface area contributed by atoms with E-state index in [1.165, 1.54) is 13.5 Å². The summed E-state index contributed by atoms with van der Waals surface area (Å²) in [4.78, 5) is 2.29. The molecule has 1 aliphatic rings. The molecule has 0 aliphatic carbocycles. The van der Waals surface area contributed by atoms with Gasteiger partial charge in [-0.1, -0.05) is 18.6 Å². The predicted octanol–water partition coefficient (Wildman–Crippen LogP) is 2.96. The molecule has 20 heavy (non-hydrogen) atoms. The van der Waals surface area contributed by atoms with Gasteiger partial charge in [-0.15, -0.1) is 0 Å². The number of ether oxygens (including phenoxy) is 1. The molecular formula is C16H24FNO2. The van der Waals surface area contributed by atoms with Gasteiger partial charge in [-0.2, -0.15) is 0 Å². The van der Waals surface area contributed by atoms with Crippen molar-refractivity contribution in [3.8, 4) is 5.75 Å². The minimum Gasteiger partial charge on any atom is -0.494 e. The molecule has 1 N–H and O–H groups in total. The first-order valence-corrected chi connectivity index (χ1v) is 7.35. The average Bonchev–Trinajstić information content (AvgIpc) is 2.42. The summed E-state index contributed by atoms with van der Waals surface area (Å²) >= 11 is 0. The monoisotopic (exact) mass is 281 g/mol. The van der Waals surface area contributed by atoms with Gasteiger partial charge in [0, 0.05) is 18.2 Å². The number of rotatable bonds is 5. The number of piperidine rings is 1. The zero-order chi connectivity index (χ0) is 14.5. The maximum atomic E-state index is 14.2. The van der Waals surface area contributed by atoms with Crippen LogP contribution in [-0.2, 0) is 6.54 Å². The number of likely N-dealkylation sites (tertiary alicyclic amines) is 1. The van der Waals surface area contributed by atoms with Gasteiger partial charge in [0.1, 0.15) is 0 Å². The third kappa shape index (κ3) is 3.70. The second kappa shape index (κ2) is 7.04. The molecule has 1 heterocycles. The lowest BCUT2D eigenvalue weighted by Crippen LogP contribution is -2.40. The fourth-order valence-corrected chi connectivity index (χ4v) is 2.98. The van der Waals surface area contributed by atoms with E-state index < -0.39 is 0 Å². The van der Waals surface area contributed by atoms with E-state index in [0.29, 0.717) is 23.9 Å². The Kier molecular flexibility index (Phi) is 5.38. The molecule has 1 saturated heterocycles. The van der Waals surface area contributed by atoms with E-state index >= 15 is 0 Å². The highest BCUT2D eigenvalue weighted by Gasteiger charge is 2.24. The number of hydrogen-bond donors (Lipinski definition) is 1. The topological polar surface area (TPSA) is 32.7 Å². The minimum absolute atomic E-state index is 0.267. The van der Waals surface area contributed by atoms with Crippen molar-refractivity contribution >= 4 is 0 Å². The molecule has 0 radical (unpaired) electrons. The third-order valence-electron chi connectivity index (χ3n) is 4.00. The van der Waals surface area contributed by atoms with Crippen LogP contribution >= 0.6 is 0 Å². The summed E-state index contributed by atoms with van der Waals surface area (Å²) in [6.45, 7) is 3.37. The van der Waals surface area contributed by atoms with Crippen LogP contribution in [0.1, 0.15) is 38.2 Å². The first kappa shape index (κ1) is 15.3. The van der Waals surface area contributed by atoms with Crippen molar-refractivity contribution in [2.75, 3.05) is 13.7 Å². The Morgan fingerprint density at radius 1 is 1.45 bits per heavy atom. The van der Waals surface area contributed by atoms with Crippen LogP contribution in [0.2, 0.25) is 0 Å². The standard InChI is InChI=1S/C16H24FNO2/c1-12(19)10-14-7-3-4-9-18(14)11-13-6-5-8-15(20-2)16(13)17/h5-6,8,12,14,19H,3-4,7,9-11H2,1-2H3. The van der Waals surface area contributed by atoms with Crippen molar-refractivity contribution in [3.63, 3.8) is 0 Å². The van der Waals surface area contributed by atoms with Crippen molar-refractivity contribution in [1.82, 2.24) is 4.90 Å². The van der Waals surface area contributed by atoms with E-state index in [-0.39, 0.29) is 11.9 Å². The van der Waals surface area contributed by atoms with Crippen molar-refractivity contribution in [1.29, 1.82) is 0 Å². The molecule has 1 aliphatic heterocycles. The van der Waals surface area contributed by atoms with Gasteiger partial charge in [0.2, 0.25) is 0 Å². The second-order valence-electron chi connectivity index (χ2n) is 5.64. The molecule has 2 atom stereocenters. The van der Waals surface area contributed by atoms with Crippen LogP contribution < -0.4 is 4.74 Å². The quantitative estimate of drug-likeness (QED) is 0.900. The van der Waals surface area contributed by atoms with Crippen molar-refractivity contribution in [2.45, 2.75) is 51.3 Å². The molecule has 0 aromatic heterocycles. The first-order valence-electron chi connectivity index (χ1n) is 7.35. The smallest absolute Gasteiger partial charge is 0.169 e. The van der Waals surface area contributed by atoms with E-state index in [4.69, 9.17) is 4.74 Å². The molecule has 0 spiro atoms. The molecular weight excluding hydrogens is 257 g/mol. The number of hydrogen-bond acceptors (Lipinski definition) is 3. The van der Waals surface area contributed by atoms with Crippen LogP contribution in [0.4, 0.5) is 4.39 Å². The lowest BCUT2D eigenvalue weighted by atomic mass is 9.96. The maximum Gasteiger partial charge on any atom is 0.169 e. The normalized spacial score (nSPS) is 21.7. The number of benzene rings is 1. The maximum absolute atomic E-state index is 14.2. The molecule has 0 saturated carbocycles. The van der Waals surface area contributed by atoms with Crippen LogP contribution in [0.15, 0.2) is 18.2 Å². The van der Waals surface area contributed by atoms with Crippen LogP contribution in [0, 0.1) is 5.82 Å². The van der Waals surface area contributed by atoms with Crippen LogP contribution in [0.5, 0.6) is 5.75 Å². The van der Waals surface area contributed by atoms with Gasteiger partial charge in [-0.25, -0.2) is 4.39 Å². The highest BCUT2D eigenvalue weighted by atomic mass is 19.1. The number of aliphatic hydroxyl groups excluding tert-OH is 1. The largest absolute Gasteiger partial charge is 0.494 e. The minimum atomic E-state index is -0.309. The molecule has 0 bridgehead atoms. The second-order valence-corrected chi connectivity index (χ2v) is 5.64. The molecule has 1 aromatic rings. The molecule has 4 heteroatoms. The lowest BCUT2D eigenvalue weighted by Gasteiger charge is -2.36. The van der Waals surface area contributed by atoms with Gasteiger partial charge in [0.15, 0.2) is 11.6 Å². The molecule has 1 fully saturated rings. The molecule has 3 nitrogen and oxygen atoms in total. The fraction of sp³-hybridized carbons (Fsp3) is 0.625. The summed E-state index contributed by atoms with van der Waals surface area (Å²) in [5.41, 5.74) is 0.668. The average molecular weight is 281 g/mol. The third-order valence-corrected chi connectivity index (χ3v) is 4.00. The number of nitrogens with zero attached hydrogens (tertiary/aromatic N) is 1. The van der Waals surface area contributed by atoms with Crippen LogP contribution in [-0.4, -0.2) is 35.8 Å². The van der Waals surface area contributed by atoms with Gasteiger partial charge < -0.3 is 9.84 Å². The first-order chi connectivity index (χ1) is 9.61. The van der Waals surface area contributed by atoms with Gasteiger partial charge in [-0.05, 0) is 38.8 Å². The predicted molar refractivity (Wildman–Crippen MR) is 77.3 cm³/mol. The van der Waals surface area contributed by atoms with Crippen molar-refractivity contribution < 1.29 is 14.2 Å². The molecule has 2 rings (SSSR count). The summed E-state index contributed by atoms with van der Waals surface area (Å²) in [5.74, 6) is 0.0305. The highest BCUT2D eigenvalue weighted by molar-refractivity contribution is 5.31. The number of aliphatic hydroxyl groups is 1. The zero-order valence-electron chi connectivity index (χ0n) is 12.3. The zero-order valence-corrected chi connectivity index (χ0v) is 12.3. The van der Waals surface area contributed by atoms with E-state index in [1.54, 1.807) is 6.07 Å². The van der Waals surface area contributed by atoms with Crippen LogP contribution in [0.3, 0.4) is 0 Å². The molecule has 112 valence electrons. The van der Waals surface area contributed by atoms with E-state index in [0.717, 1.165) is 25.8 Å². The molecule has 2 unspecified atom stereocenters. The Morgan fingerprint density at radius 2 is 2.25 bits per heavy atom. The summed E-state index contributed by atoms with van der Waals surface area (Å²) in [6.07, 6.45) is 3.86. The number of halogens is 1. The Bertz CT molecular complexity index is 436. The Hall–Kier alpha value is -1.13. The Balaban J connectivity index is 2.10. The van der Waals surface area contributed by atoms with Gasteiger partial charge >= 0.3 is 0 Å². The Labute approximate surface area is 120 Å². The molecule has 0 amide bonds. The van der Waals surface area contributed by atoms with Gasteiger partial charge in [0.25, 0.3) is 0 Å². The van der Waals surface area contributed by atoms with Gasteiger partial charge in [0.05, 0.1) is 13.2 Å². The van der Waals surface area contributed by atoms with Crippen molar-refractivity contribution in [2.24, 2.45) is 0 Å². The summed E-state index contributed by atoms with van der Waals surface area (Å²) < 4.78 is 19.2. The SMILES string of the molecule is COc1cccc(CN2CCCCC2CC(C)O)c1F. The van der Waals surface area contributed by atoms with E-state index in [2.05, 4.69) is 4.90 Å². The molecule has 1 aromatic carbocycles. The lowest BCUT2D eigenvalue weighted by molar-refractivity contribution is 0.0809. The summed E-state index contributed by atoms with van der Waals surface area (Å²) in [5, 5.41) is 9.60. The summed E-state index contributed by atoms with van der Waals surface area (Å²) in [7, 11) is 1.49. The Morgan fingerprint density at radius 3 is 2.95 bits per heavy atom. The summed E-state index contributed by atoms with van der Waals surface area (Å²) in [6, 6.07) is 5.62. The highest BCUT2D eigenvalue weighted by Crippen LogP contribution is 2.26. The fourth-order valence-electron chi connectivity index (χ4n) is 2.98.